The van der Waals surface area contributed by atoms with Gasteiger partial charge in [0.25, 0.3) is 5.91 Å². The van der Waals surface area contributed by atoms with Crippen molar-refractivity contribution in [2.24, 2.45) is 11.8 Å². The SMILES string of the molecule is CC(C)COC(=O)Nc1ccc(C(=O)N2CCCC3CCCC[C@H]32)c(Cl)c1. The van der Waals surface area contributed by atoms with Gasteiger partial charge in [-0.3, -0.25) is 10.1 Å². The van der Waals surface area contributed by atoms with Crippen molar-refractivity contribution < 1.29 is 14.3 Å². The predicted molar refractivity (Wildman–Crippen MR) is 107 cm³/mol. The van der Waals surface area contributed by atoms with Gasteiger partial charge in [-0.15, -0.1) is 0 Å². The Balaban J connectivity index is 1.67. The maximum Gasteiger partial charge on any atom is 0.411 e. The lowest BCUT2D eigenvalue weighted by Crippen LogP contribution is -2.49. The first kappa shape index (κ1) is 20.0. The fourth-order valence-corrected chi connectivity index (χ4v) is 4.46. The third-order valence-electron chi connectivity index (χ3n) is 5.50. The van der Waals surface area contributed by atoms with Crippen LogP contribution in [-0.2, 0) is 4.74 Å². The number of piperidine rings is 1. The number of nitrogens with zero attached hydrogens (tertiary/aromatic N) is 1. The molecule has 2 aliphatic rings. The number of amides is 2. The Morgan fingerprint density at radius 1 is 1.22 bits per heavy atom. The summed E-state index contributed by atoms with van der Waals surface area (Å²) in [6.45, 7) is 5.11. The van der Waals surface area contributed by atoms with Crippen LogP contribution in [0.5, 0.6) is 0 Å². The number of hydrogen-bond acceptors (Lipinski definition) is 3. The number of carbonyl (C=O) groups is 2. The summed E-state index contributed by atoms with van der Waals surface area (Å²) in [7, 11) is 0. The molecule has 1 aliphatic carbocycles. The van der Waals surface area contributed by atoms with E-state index in [-0.39, 0.29) is 11.8 Å². The molecule has 0 radical (unpaired) electrons. The molecule has 1 aliphatic heterocycles. The van der Waals surface area contributed by atoms with Crippen molar-refractivity contribution in [2.45, 2.75) is 58.4 Å². The van der Waals surface area contributed by atoms with E-state index in [1.54, 1.807) is 18.2 Å². The fraction of sp³-hybridized carbons (Fsp3) is 0.619. The van der Waals surface area contributed by atoms with Crippen molar-refractivity contribution >= 4 is 29.3 Å². The second kappa shape index (κ2) is 8.96. The van der Waals surface area contributed by atoms with Crippen LogP contribution in [0, 0.1) is 11.8 Å². The van der Waals surface area contributed by atoms with Crippen molar-refractivity contribution in [1.82, 2.24) is 4.90 Å². The molecule has 27 heavy (non-hydrogen) atoms. The summed E-state index contributed by atoms with van der Waals surface area (Å²) in [5, 5.41) is 3.02. The van der Waals surface area contributed by atoms with Crippen LogP contribution in [0.4, 0.5) is 10.5 Å². The van der Waals surface area contributed by atoms with Crippen LogP contribution >= 0.6 is 11.6 Å². The molecular formula is C21H29ClN2O3. The van der Waals surface area contributed by atoms with E-state index in [2.05, 4.69) is 5.32 Å². The zero-order chi connectivity index (χ0) is 19.4. The number of hydrogen-bond donors (Lipinski definition) is 1. The van der Waals surface area contributed by atoms with Crippen LogP contribution in [0.3, 0.4) is 0 Å². The Morgan fingerprint density at radius 2 is 1.96 bits per heavy atom. The normalized spacial score (nSPS) is 22.3. The Hall–Kier alpha value is -1.75. The topological polar surface area (TPSA) is 58.6 Å². The van der Waals surface area contributed by atoms with Crippen LogP contribution in [0.2, 0.25) is 5.02 Å². The summed E-state index contributed by atoms with van der Waals surface area (Å²) < 4.78 is 5.11. The van der Waals surface area contributed by atoms with Gasteiger partial charge in [0, 0.05) is 18.3 Å². The maximum atomic E-state index is 13.1. The highest BCUT2D eigenvalue weighted by molar-refractivity contribution is 6.34. The van der Waals surface area contributed by atoms with Crippen molar-refractivity contribution in [3.63, 3.8) is 0 Å². The third-order valence-corrected chi connectivity index (χ3v) is 5.81. The van der Waals surface area contributed by atoms with Crippen LogP contribution in [0.1, 0.15) is 62.7 Å². The number of nitrogens with one attached hydrogen (secondary N) is 1. The molecule has 0 spiro atoms. The van der Waals surface area contributed by atoms with Gasteiger partial charge in [-0.1, -0.05) is 38.3 Å². The van der Waals surface area contributed by atoms with Crippen molar-refractivity contribution in [1.29, 1.82) is 0 Å². The molecule has 1 N–H and O–H groups in total. The van der Waals surface area contributed by atoms with Crippen LogP contribution in [0.15, 0.2) is 18.2 Å². The van der Waals surface area contributed by atoms with E-state index >= 15 is 0 Å². The van der Waals surface area contributed by atoms with Crippen LogP contribution < -0.4 is 5.32 Å². The molecule has 3 rings (SSSR count). The third kappa shape index (κ3) is 4.95. The summed E-state index contributed by atoms with van der Waals surface area (Å²) >= 11 is 6.39. The van der Waals surface area contributed by atoms with Gasteiger partial charge in [0.2, 0.25) is 0 Å². The van der Waals surface area contributed by atoms with Crippen molar-refractivity contribution in [2.75, 3.05) is 18.5 Å². The molecule has 1 saturated carbocycles. The molecule has 2 atom stereocenters. The number of fused-ring (bicyclic) bond motifs is 1. The largest absolute Gasteiger partial charge is 0.449 e. The lowest BCUT2D eigenvalue weighted by molar-refractivity contribution is 0.0391. The Morgan fingerprint density at radius 3 is 2.70 bits per heavy atom. The summed E-state index contributed by atoms with van der Waals surface area (Å²) in [6, 6.07) is 5.38. The van der Waals surface area contributed by atoms with E-state index in [9.17, 15) is 9.59 Å². The minimum Gasteiger partial charge on any atom is -0.449 e. The Kier molecular flexibility index (Phi) is 6.64. The van der Waals surface area contributed by atoms with E-state index in [4.69, 9.17) is 16.3 Å². The quantitative estimate of drug-likeness (QED) is 0.752. The van der Waals surface area contributed by atoms with Crippen molar-refractivity contribution in [3.05, 3.63) is 28.8 Å². The van der Waals surface area contributed by atoms with Crippen LogP contribution in [0.25, 0.3) is 0 Å². The minimum absolute atomic E-state index is 0.00512. The van der Waals surface area contributed by atoms with Gasteiger partial charge in [0.1, 0.15) is 0 Å². The second-order valence-corrected chi connectivity index (χ2v) is 8.47. The molecule has 0 bridgehead atoms. The van der Waals surface area contributed by atoms with Crippen LogP contribution in [-0.4, -0.2) is 36.1 Å². The molecule has 0 aromatic heterocycles. The number of likely N-dealkylation sites (tertiary alicyclic amines) is 1. The molecule has 148 valence electrons. The molecular weight excluding hydrogens is 364 g/mol. The highest BCUT2D eigenvalue weighted by Crippen LogP contribution is 2.36. The van der Waals surface area contributed by atoms with Crippen molar-refractivity contribution in [3.8, 4) is 0 Å². The van der Waals surface area contributed by atoms with E-state index in [1.807, 2.05) is 18.7 Å². The second-order valence-electron chi connectivity index (χ2n) is 8.06. The number of carbonyl (C=O) groups excluding carboxylic acids is 2. The highest BCUT2D eigenvalue weighted by atomic mass is 35.5. The van der Waals surface area contributed by atoms with Gasteiger partial charge in [-0.2, -0.15) is 0 Å². The number of rotatable bonds is 4. The maximum absolute atomic E-state index is 13.1. The number of anilines is 1. The summed E-state index contributed by atoms with van der Waals surface area (Å²) in [6.07, 6.45) is 6.56. The van der Waals surface area contributed by atoms with Gasteiger partial charge in [0.05, 0.1) is 17.2 Å². The summed E-state index contributed by atoms with van der Waals surface area (Å²) in [5.74, 6) is 0.907. The number of benzene rings is 1. The zero-order valence-electron chi connectivity index (χ0n) is 16.2. The van der Waals surface area contributed by atoms with Gasteiger partial charge in [-0.25, -0.2) is 4.79 Å². The lowest BCUT2D eigenvalue weighted by atomic mass is 9.78. The Bertz CT molecular complexity index is 690. The predicted octanol–water partition coefficient (Wildman–Crippen LogP) is 5.34. The smallest absolute Gasteiger partial charge is 0.411 e. The van der Waals surface area contributed by atoms with Gasteiger partial charge in [-0.05, 0) is 55.7 Å². The molecule has 1 unspecified atom stereocenters. The van der Waals surface area contributed by atoms with Gasteiger partial charge < -0.3 is 9.64 Å². The monoisotopic (exact) mass is 392 g/mol. The molecule has 5 nitrogen and oxygen atoms in total. The van der Waals surface area contributed by atoms with E-state index in [0.717, 1.165) is 19.4 Å². The standard InChI is InChI=1S/C21H29ClN2O3/c1-14(2)13-27-21(26)23-16-9-10-17(18(22)12-16)20(25)24-11-5-7-15-6-3-4-8-19(15)24/h9-10,12,14-15,19H,3-8,11,13H2,1-2H3,(H,23,26)/t15?,19-/m1/s1. The number of ether oxygens (including phenoxy) is 1. The minimum atomic E-state index is -0.514. The average molecular weight is 393 g/mol. The molecule has 1 heterocycles. The van der Waals surface area contributed by atoms with Gasteiger partial charge >= 0.3 is 6.09 Å². The first-order valence-electron chi connectivity index (χ1n) is 10.00. The first-order chi connectivity index (χ1) is 13.0. The fourth-order valence-electron chi connectivity index (χ4n) is 4.19. The van der Waals surface area contributed by atoms with E-state index < -0.39 is 6.09 Å². The zero-order valence-corrected chi connectivity index (χ0v) is 16.9. The van der Waals surface area contributed by atoms with E-state index in [0.29, 0.717) is 34.8 Å². The summed E-state index contributed by atoms with van der Waals surface area (Å²) in [5.41, 5.74) is 1.03. The first-order valence-corrected chi connectivity index (χ1v) is 10.4. The number of halogens is 1. The lowest BCUT2D eigenvalue weighted by Gasteiger charge is -2.44. The highest BCUT2D eigenvalue weighted by Gasteiger charge is 2.36. The molecule has 6 heteroatoms. The molecule has 2 fully saturated rings. The molecule has 2 amide bonds. The average Bonchev–Trinajstić information content (AvgIpc) is 2.65. The molecule has 1 saturated heterocycles. The Labute approximate surface area is 166 Å². The van der Waals surface area contributed by atoms with E-state index in [1.165, 1.54) is 25.7 Å². The summed E-state index contributed by atoms with van der Waals surface area (Å²) in [4.78, 5) is 26.9. The van der Waals surface area contributed by atoms with Gasteiger partial charge in [0.15, 0.2) is 0 Å². The molecule has 1 aromatic carbocycles. The molecule has 1 aromatic rings.